The fourth-order valence-electron chi connectivity index (χ4n) is 2.19. The van der Waals surface area contributed by atoms with E-state index in [1.54, 1.807) is 12.1 Å². The Morgan fingerprint density at radius 3 is 2.32 bits per heavy atom. The molecule has 0 atom stereocenters. The van der Waals surface area contributed by atoms with Gasteiger partial charge in [0.15, 0.2) is 5.82 Å². The van der Waals surface area contributed by atoms with Gasteiger partial charge in [-0.2, -0.15) is 0 Å². The molecule has 0 aliphatic carbocycles. The molecule has 0 aliphatic heterocycles. The van der Waals surface area contributed by atoms with Crippen molar-refractivity contribution in [2.75, 3.05) is 5.73 Å². The largest absolute Gasteiger partial charge is 0.399 e. The van der Waals surface area contributed by atoms with Crippen molar-refractivity contribution in [2.45, 2.75) is 26.2 Å². The van der Waals surface area contributed by atoms with Crippen LogP contribution in [0.15, 0.2) is 18.2 Å². The maximum absolute atomic E-state index is 13.8. The van der Waals surface area contributed by atoms with Gasteiger partial charge in [0.2, 0.25) is 5.69 Å². The smallest absolute Gasteiger partial charge is 0.233 e. The molecular formula is C15H14F2N2. The molecule has 0 saturated heterocycles. The Morgan fingerprint density at radius 2 is 1.79 bits per heavy atom. The first-order valence-corrected chi connectivity index (χ1v) is 5.85. The van der Waals surface area contributed by atoms with E-state index < -0.39 is 11.6 Å². The minimum Gasteiger partial charge on any atom is -0.399 e. The molecule has 0 aliphatic rings. The molecule has 19 heavy (non-hydrogen) atoms. The van der Waals surface area contributed by atoms with Crippen molar-refractivity contribution in [3.05, 3.63) is 46.8 Å². The predicted octanol–water partition coefficient (Wildman–Crippen LogP) is 4.55. The Kier molecular flexibility index (Phi) is 2.94. The highest BCUT2D eigenvalue weighted by Gasteiger charge is 2.23. The summed E-state index contributed by atoms with van der Waals surface area (Å²) in [7, 11) is 0. The van der Waals surface area contributed by atoms with Gasteiger partial charge in [0, 0.05) is 5.69 Å². The van der Waals surface area contributed by atoms with Crippen LogP contribution in [0, 0.1) is 18.2 Å². The molecule has 0 heterocycles. The van der Waals surface area contributed by atoms with Gasteiger partial charge in [-0.05, 0) is 39.9 Å². The Hall–Kier alpha value is -2.15. The molecule has 0 radical (unpaired) electrons. The Morgan fingerprint density at radius 1 is 1.16 bits per heavy atom. The highest BCUT2D eigenvalue weighted by atomic mass is 19.2. The van der Waals surface area contributed by atoms with Crippen molar-refractivity contribution >= 4 is 22.1 Å². The maximum atomic E-state index is 13.8. The Labute approximate surface area is 110 Å². The molecule has 0 bridgehead atoms. The van der Waals surface area contributed by atoms with Crippen LogP contribution < -0.4 is 5.73 Å². The van der Waals surface area contributed by atoms with Crippen LogP contribution in [0.25, 0.3) is 15.6 Å². The van der Waals surface area contributed by atoms with Crippen LogP contribution in [0.5, 0.6) is 0 Å². The average molecular weight is 260 g/mol. The standard InChI is InChI=1S/C15H14F2N2/c1-15(2,3)10-7-9(18)5-8-6-11(16)13(17)14(19-4)12(8)10/h5-7H,18H2,1-3H3. The lowest BCUT2D eigenvalue weighted by molar-refractivity contribution is 0.514. The van der Waals surface area contributed by atoms with E-state index in [1.807, 2.05) is 20.8 Å². The predicted molar refractivity (Wildman–Crippen MR) is 73.2 cm³/mol. The first-order valence-electron chi connectivity index (χ1n) is 5.85. The highest BCUT2D eigenvalue weighted by Crippen LogP contribution is 2.40. The highest BCUT2D eigenvalue weighted by molar-refractivity contribution is 5.99. The van der Waals surface area contributed by atoms with Gasteiger partial charge in [-0.25, -0.2) is 13.6 Å². The van der Waals surface area contributed by atoms with Crippen LogP contribution in [0.1, 0.15) is 26.3 Å². The molecule has 2 N–H and O–H groups in total. The summed E-state index contributed by atoms with van der Waals surface area (Å²) in [6.45, 7) is 12.9. The summed E-state index contributed by atoms with van der Waals surface area (Å²) in [5.74, 6) is -2.12. The molecule has 0 amide bonds. The monoisotopic (exact) mass is 260 g/mol. The summed E-state index contributed by atoms with van der Waals surface area (Å²) in [5, 5.41) is 0.894. The van der Waals surface area contributed by atoms with Crippen molar-refractivity contribution in [1.29, 1.82) is 0 Å². The van der Waals surface area contributed by atoms with E-state index in [2.05, 4.69) is 4.85 Å². The normalized spacial score (nSPS) is 11.6. The quantitative estimate of drug-likeness (QED) is 0.546. The van der Waals surface area contributed by atoms with Crippen LogP contribution in [0.4, 0.5) is 20.2 Å². The summed E-state index contributed by atoms with van der Waals surface area (Å²) in [5.41, 5.74) is 6.42. The van der Waals surface area contributed by atoms with E-state index in [4.69, 9.17) is 12.3 Å². The summed E-state index contributed by atoms with van der Waals surface area (Å²) >= 11 is 0. The topological polar surface area (TPSA) is 30.4 Å². The van der Waals surface area contributed by atoms with E-state index in [-0.39, 0.29) is 11.1 Å². The van der Waals surface area contributed by atoms with Gasteiger partial charge in [0.05, 0.1) is 6.57 Å². The number of halogens is 2. The molecule has 0 saturated carbocycles. The summed E-state index contributed by atoms with van der Waals surface area (Å²) in [6.07, 6.45) is 0. The molecule has 0 spiro atoms. The molecule has 0 fully saturated rings. The number of anilines is 1. The maximum Gasteiger partial charge on any atom is 0.233 e. The molecule has 2 aromatic rings. The molecule has 2 rings (SSSR count). The van der Waals surface area contributed by atoms with Gasteiger partial charge in [-0.1, -0.05) is 20.8 Å². The number of fused-ring (bicyclic) bond motifs is 1. The lowest BCUT2D eigenvalue weighted by atomic mass is 9.82. The fraction of sp³-hybridized carbons (Fsp3) is 0.267. The first kappa shape index (κ1) is 13.3. The van der Waals surface area contributed by atoms with Gasteiger partial charge in [-0.15, -0.1) is 0 Å². The van der Waals surface area contributed by atoms with Crippen LogP contribution >= 0.6 is 0 Å². The zero-order valence-electron chi connectivity index (χ0n) is 11.0. The second-order valence-corrected chi connectivity index (χ2v) is 5.55. The van der Waals surface area contributed by atoms with Gasteiger partial charge in [0.1, 0.15) is 5.82 Å². The molecule has 2 nitrogen and oxygen atoms in total. The fourth-order valence-corrected chi connectivity index (χ4v) is 2.19. The Balaban J connectivity index is 3.06. The number of nitrogens with two attached hydrogens (primary N) is 1. The van der Waals surface area contributed by atoms with Gasteiger partial charge in [0.25, 0.3) is 0 Å². The molecule has 4 heteroatoms. The SMILES string of the molecule is [C-]#[N+]c1c(F)c(F)cc2cc(N)cc(C(C)(C)C)c12. The zero-order chi connectivity index (χ0) is 14.4. The van der Waals surface area contributed by atoms with E-state index in [1.165, 1.54) is 0 Å². The van der Waals surface area contributed by atoms with Crippen molar-refractivity contribution < 1.29 is 8.78 Å². The second-order valence-electron chi connectivity index (χ2n) is 5.55. The Bertz CT molecular complexity index is 707. The van der Waals surface area contributed by atoms with Gasteiger partial charge in [-0.3, -0.25) is 0 Å². The number of benzene rings is 2. The summed E-state index contributed by atoms with van der Waals surface area (Å²) in [4.78, 5) is 3.16. The van der Waals surface area contributed by atoms with E-state index in [0.717, 1.165) is 11.6 Å². The lowest BCUT2D eigenvalue weighted by Gasteiger charge is -2.23. The summed E-state index contributed by atoms with van der Waals surface area (Å²) < 4.78 is 27.3. The van der Waals surface area contributed by atoms with Crippen LogP contribution in [0.3, 0.4) is 0 Å². The van der Waals surface area contributed by atoms with E-state index >= 15 is 0 Å². The third kappa shape index (κ3) is 2.12. The number of hydrogen-bond acceptors (Lipinski definition) is 1. The summed E-state index contributed by atoms with van der Waals surface area (Å²) in [6, 6.07) is 4.36. The van der Waals surface area contributed by atoms with Crippen LogP contribution in [-0.4, -0.2) is 0 Å². The van der Waals surface area contributed by atoms with Crippen LogP contribution in [0.2, 0.25) is 0 Å². The van der Waals surface area contributed by atoms with Crippen molar-refractivity contribution in [3.63, 3.8) is 0 Å². The number of nitrogen functional groups attached to an aromatic ring is 1. The zero-order valence-corrected chi connectivity index (χ0v) is 11.0. The van der Waals surface area contributed by atoms with Gasteiger partial charge >= 0.3 is 0 Å². The van der Waals surface area contributed by atoms with E-state index in [0.29, 0.717) is 16.5 Å². The third-order valence-electron chi connectivity index (χ3n) is 3.05. The van der Waals surface area contributed by atoms with Crippen molar-refractivity contribution in [1.82, 2.24) is 0 Å². The first-order chi connectivity index (χ1) is 8.75. The number of nitrogens with zero attached hydrogens (tertiary/aromatic N) is 1. The van der Waals surface area contributed by atoms with Crippen LogP contribution in [-0.2, 0) is 5.41 Å². The number of hydrogen-bond donors (Lipinski definition) is 1. The second kappa shape index (κ2) is 4.20. The molecule has 2 aromatic carbocycles. The average Bonchev–Trinajstić information content (AvgIpc) is 2.29. The van der Waals surface area contributed by atoms with E-state index in [9.17, 15) is 8.78 Å². The third-order valence-corrected chi connectivity index (χ3v) is 3.05. The minimum atomic E-state index is -1.10. The molecule has 0 aromatic heterocycles. The number of rotatable bonds is 0. The van der Waals surface area contributed by atoms with Crippen molar-refractivity contribution in [2.24, 2.45) is 0 Å². The van der Waals surface area contributed by atoms with Gasteiger partial charge < -0.3 is 5.73 Å². The minimum absolute atomic E-state index is 0.278. The lowest BCUT2D eigenvalue weighted by Crippen LogP contribution is -2.12. The molecule has 98 valence electrons. The molecule has 0 unspecified atom stereocenters. The van der Waals surface area contributed by atoms with Crippen molar-refractivity contribution in [3.8, 4) is 0 Å². The molecular weight excluding hydrogens is 246 g/mol.